The number of hydrogen-bond donors (Lipinski definition) is 10. The Morgan fingerprint density at radius 1 is 0.684 bits per heavy atom. The van der Waals surface area contributed by atoms with Gasteiger partial charge in [-0.15, -0.1) is 0 Å². The first-order valence-electron chi connectivity index (χ1n) is 33.7. The van der Waals surface area contributed by atoms with E-state index in [2.05, 4.69) is 37.2 Å². The number of nitrogens with one attached hydrogen (secondary N) is 7. The van der Waals surface area contributed by atoms with Crippen LogP contribution >= 0.6 is 0 Å². The fraction of sp³-hybridized carbons (Fsp3) is 0.643. The molecule has 8 amide bonds. The Morgan fingerprint density at radius 2 is 1.24 bits per heavy atom. The summed E-state index contributed by atoms with van der Waals surface area (Å²) in [6.45, 7) is 16.9. The Balaban J connectivity index is 1.51. The lowest BCUT2D eigenvalue weighted by atomic mass is 9.83. The topological polar surface area (TPSA) is 382 Å². The van der Waals surface area contributed by atoms with Crippen molar-refractivity contribution in [1.82, 2.24) is 37.2 Å². The third-order valence-corrected chi connectivity index (χ3v) is 19.3. The Kier molecular flexibility index (Phi) is 31.9. The highest BCUT2D eigenvalue weighted by atomic mass is 19.1. The standard InChI is InChI=1S/C70H103FN8O16/c1-12-38(6)51(34-53(82)52(26-27-57(72)86)74-65(90)47(36-80)32-55(84)58(39(7)13-2)75-64(89)45(16-5)31-44-20-18-17-19-21-44)67(92)76-59(40(8)14-3)56(85)33-48(37-81)66(91)77-61-43(11)95-68(93)60(41(9)15-4)78-69(94)70(79-62(87)42(10)30-54(61)83)35-49(70)28-29-73-63(88)46-22-24-50(71)25-23-46/h17-25,38-43,45,47-49,51-52,58-61,80-81H,12-16,26-37H2,1-11H3,(H2,72,86)(H,73,88)(H,74,90)(H,75,89)(H,76,92)(H,77,91)(H,78,94)(H,79,87)/t38-,39-,40-,41-,42+,43-,45+,47-,48-,49?,51+,52+,58-,59-,60-,61+,70?/m0/s1. The molecule has 1 aliphatic carbocycles. The molecular weight excluding hydrogens is 1230 g/mol. The number of Topliss-reactive ketones (excluding diaryl/α,β-unsaturated/α-hetero) is 4. The van der Waals surface area contributed by atoms with E-state index >= 15 is 0 Å². The number of ketones is 4. The SMILES string of the molecule is CC[C@H](Cc1ccccc1)C(=O)N[C@H](C(=O)C[C@@H](CO)C(=O)N[C@H](CCC(N)=O)C(=O)C[C@@H](C(=O)N[C@H](C(=O)C[C@@H](CO)C(=O)N[C@H]1C(=O)C[C@@H](C)C(=O)NC2(CC2CCNC(=O)c2ccc(F)cc2)C(=O)N[C@@H]([C@@H](C)CC)C(=O)O[C@H]1C)[C@@H](C)CC)[C@@H](C)CC)[C@@H](C)CC. The first-order chi connectivity index (χ1) is 44.9. The number of nitrogens with two attached hydrogens (primary N) is 1. The van der Waals surface area contributed by atoms with Gasteiger partial charge in [0.15, 0.2) is 23.1 Å². The number of cyclic esters (lactones) is 1. The molecule has 1 saturated carbocycles. The molecule has 2 aromatic carbocycles. The predicted octanol–water partition coefficient (Wildman–Crippen LogP) is 4.21. The van der Waals surface area contributed by atoms with Crippen molar-refractivity contribution in [3.05, 3.63) is 71.5 Å². The Morgan fingerprint density at radius 3 is 1.78 bits per heavy atom. The van der Waals surface area contributed by atoms with Crippen molar-refractivity contribution in [1.29, 1.82) is 0 Å². The molecule has 0 aromatic heterocycles. The number of halogens is 1. The number of ether oxygens (including phenoxy) is 1. The number of aliphatic hydroxyl groups is 2. The fourth-order valence-electron chi connectivity index (χ4n) is 11.8. The zero-order valence-electron chi connectivity index (χ0n) is 57.0. The van der Waals surface area contributed by atoms with Crippen molar-refractivity contribution < 1.29 is 81.7 Å². The molecule has 1 saturated heterocycles. The summed E-state index contributed by atoms with van der Waals surface area (Å²) in [4.78, 5) is 181. The van der Waals surface area contributed by atoms with Crippen molar-refractivity contribution in [2.24, 2.45) is 64.9 Å². The van der Waals surface area contributed by atoms with E-state index in [0.717, 1.165) is 17.7 Å². The largest absolute Gasteiger partial charge is 0.458 e. The second kappa shape index (κ2) is 38.1. The predicted molar refractivity (Wildman–Crippen MR) is 350 cm³/mol. The van der Waals surface area contributed by atoms with Crippen LogP contribution in [0.25, 0.3) is 0 Å². The Bertz CT molecular complexity index is 3010. The second-order valence-corrected chi connectivity index (χ2v) is 26.3. The van der Waals surface area contributed by atoms with Gasteiger partial charge in [-0.25, -0.2) is 9.18 Å². The van der Waals surface area contributed by atoms with Gasteiger partial charge in [0.1, 0.15) is 29.5 Å². The van der Waals surface area contributed by atoms with E-state index in [1.54, 1.807) is 48.5 Å². The Hall–Kier alpha value is -7.80. The minimum absolute atomic E-state index is 0.0687. The molecule has 1 spiro atoms. The van der Waals surface area contributed by atoms with Crippen LogP contribution in [0.2, 0.25) is 0 Å². The van der Waals surface area contributed by atoms with Crippen molar-refractivity contribution in [2.75, 3.05) is 19.8 Å². The van der Waals surface area contributed by atoms with Crippen LogP contribution in [0.1, 0.15) is 176 Å². The van der Waals surface area contributed by atoms with Gasteiger partial charge in [-0.1, -0.05) is 125 Å². The number of esters is 1. The number of carbonyl (C=O) groups excluding carboxylic acids is 13. The number of benzene rings is 2. The van der Waals surface area contributed by atoms with Gasteiger partial charge in [0, 0.05) is 62.0 Å². The van der Waals surface area contributed by atoms with Gasteiger partial charge in [-0.3, -0.25) is 57.5 Å². The van der Waals surface area contributed by atoms with Crippen molar-refractivity contribution in [3.63, 3.8) is 0 Å². The van der Waals surface area contributed by atoms with Gasteiger partial charge in [-0.2, -0.15) is 0 Å². The summed E-state index contributed by atoms with van der Waals surface area (Å²) in [5.41, 5.74) is 5.11. The van der Waals surface area contributed by atoms with E-state index in [1.807, 2.05) is 44.2 Å². The average Bonchev–Trinajstić information content (AvgIpc) is 1.58. The lowest BCUT2D eigenvalue weighted by Crippen LogP contribution is -2.57. The molecule has 17 atom stereocenters. The van der Waals surface area contributed by atoms with Crippen LogP contribution in [-0.4, -0.2) is 148 Å². The molecule has 0 radical (unpaired) electrons. The molecule has 25 heteroatoms. The molecule has 1 heterocycles. The van der Waals surface area contributed by atoms with Gasteiger partial charge in [0.25, 0.3) is 5.91 Å². The molecule has 1 aliphatic heterocycles. The summed E-state index contributed by atoms with van der Waals surface area (Å²) in [6.07, 6.45) is -1.62. The number of amides is 8. The van der Waals surface area contributed by atoms with Crippen LogP contribution in [0.3, 0.4) is 0 Å². The van der Waals surface area contributed by atoms with E-state index in [9.17, 15) is 76.9 Å². The van der Waals surface area contributed by atoms with Crippen LogP contribution in [0.4, 0.5) is 4.39 Å². The highest BCUT2D eigenvalue weighted by Crippen LogP contribution is 2.47. The lowest BCUT2D eigenvalue weighted by Gasteiger charge is -2.30. The van der Waals surface area contributed by atoms with Crippen LogP contribution in [0, 0.1) is 65.0 Å². The Labute approximate surface area is 557 Å². The van der Waals surface area contributed by atoms with Crippen molar-refractivity contribution in [2.45, 2.75) is 208 Å². The maximum absolute atomic E-state index is 14.6. The summed E-state index contributed by atoms with van der Waals surface area (Å²) in [6, 6.07) is 7.62. The zero-order chi connectivity index (χ0) is 71.0. The summed E-state index contributed by atoms with van der Waals surface area (Å²) in [5.74, 6) is -18.1. The van der Waals surface area contributed by atoms with Gasteiger partial charge >= 0.3 is 5.97 Å². The van der Waals surface area contributed by atoms with Crippen molar-refractivity contribution >= 4 is 76.4 Å². The summed E-state index contributed by atoms with van der Waals surface area (Å²) < 4.78 is 19.3. The average molecular weight is 1330 g/mol. The quantitative estimate of drug-likeness (QED) is 0.0424. The first-order valence-corrected chi connectivity index (χ1v) is 33.7. The molecule has 2 unspecified atom stereocenters. The fourth-order valence-corrected chi connectivity index (χ4v) is 11.8. The van der Waals surface area contributed by atoms with E-state index in [0.29, 0.717) is 38.5 Å². The summed E-state index contributed by atoms with van der Waals surface area (Å²) in [5, 5.41) is 40.4. The van der Waals surface area contributed by atoms with E-state index < -0.39 is 210 Å². The second-order valence-electron chi connectivity index (χ2n) is 26.3. The van der Waals surface area contributed by atoms with Gasteiger partial charge < -0.3 is 57.9 Å². The van der Waals surface area contributed by atoms with Gasteiger partial charge in [0.2, 0.25) is 41.4 Å². The highest BCUT2D eigenvalue weighted by molar-refractivity contribution is 6.01. The smallest absolute Gasteiger partial charge is 0.329 e. The molecule has 11 N–H and O–H groups in total. The van der Waals surface area contributed by atoms with E-state index in [4.69, 9.17) is 10.5 Å². The van der Waals surface area contributed by atoms with Crippen LogP contribution < -0.4 is 43.0 Å². The molecule has 2 aliphatic rings. The third kappa shape index (κ3) is 22.9. The molecule has 526 valence electrons. The molecule has 95 heavy (non-hydrogen) atoms. The van der Waals surface area contributed by atoms with E-state index in [-0.39, 0.29) is 49.6 Å². The highest BCUT2D eigenvalue weighted by Gasteiger charge is 2.61. The third-order valence-electron chi connectivity index (χ3n) is 19.3. The molecule has 4 rings (SSSR count). The molecule has 2 fully saturated rings. The molecule has 0 bridgehead atoms. The first kappa shape index (κ1) is 79.6. The minimum Gasteiger partial charge on any atom is -0.458 e. The molecule has 24 nitrogen and oxygen atoms in total. The minimum atomic E-state index is -1.65. The van der Waals surface area contributed by atoms with E-state index in [1.165, 1.54) is 26.0 Å². The number of hydrogen-bond acceptors (Lipinski definition) is 16. The lowest BCUT2D eigenvalue weighted by molar-refractivity contribution is -0.157. The maximum Gasteiger partial charge on any atom is 0.329 e. The number of primary amides is 1. The number of aliphatic hydroxyl groups excluding tert-OH is 2. The van der Waals surface area contributed by atoms with Crippen molar-refractivity contribution in [3.8, 4) is 0 Å². The van der Waals surface area contributed by atoms with Crippen LogP contribution in [-0.2, 0) is 68.7 Å². The zero-order valence-corrected chi connectivity index (χ0v) is 57.0. The summed E-state index contributed by atoms with van der Waals surface area (Å²) >= 11 is 0. The normalized spacial score (nSPS) is 22.6. The maximum atomic E-state index is 14.6. The number of rotatable bonds is 37. The molecule has 2 aromatic rings. The van der Waals surface area contributed by atoms with Gasteiger partial charge in [-0.05, 0) is 98.4 Å². The van der Waals surface area contributed by atoms with Crippen LogP contribution in [0.15, 0.2) is 54.6 Å². The van der Waals surface area contributed by atoms with Crippen LogP contribution in [0.5, 0.6) is 0 Å². The molecular formula is C70H103FN8O16. The monoisotopic (exact) mass is 1330 g/mol. The van der Waals surface area contributed by atoms with Gasteiger partial charge in [0.05, 0.1) is 43.2 Å². The number of carbonyl (C=O) groups is 13. The summed E-state index contributed by atoms with van der Waals surface area (Å²) in [7, 11) is 0.